The lowest BCUT2D eigenvalue weighted by molar-refractivity contribution is 0.0954. The quantitative estimate of drug-likeness (QED) is 0.780. The summed E-state index contributed by atoms with van der Waals surface area (Å²) in [5.74, 6) is 0.647. The minimum absolute atomic E-state index is 0.158. The lowest BCUT2D eigenvalue weighted by Gasteiger charge is -2.04. The second-order valence-electron chi connectivity index (χ2n) is 4.98. The zero-order valence-corrected chi connectivity index (χ0v) is 12.7. The fraction of sp³-hybridized carbons (Fsp3) is 0.200. The first-order valence-corrected chi connectivity index (χ1v) is 7.41. The maximum atomic E-state index is 12.3. The zero-order chi connectivity index (χ0) is 15.0. The first kappa shape index (κ1) is 13.6. The molecule has 0 radical (unpaired) electrons. The molecule has 0 aliphatic carbocycles. The van der Waals surface area contributed by atoms with E-state index in [0.29, 0.717) is 17.1 Å². The van der Waals surface area contributed by atoms with Crippen molar-refractivity contribution in [3.05, 3.63) is 46.9 Å². The minimum atomic E-state index is -0.158. The Hall–Kier alpha value is -2.34. The van der Waals surface area contributed by atoms with Gasteiger partial charge in [0, 0.05) is 29.5 Å². The molecule has 2 heterocycles. The number of carbonyl (C=O) groups excluding carboxylic acids is 1. The van der Waals surface area contributed by atoms with Crippen LogP contribution in [0.15, 0.2) is 30.6 Å². The van der Waals surface area contributed by atoms with Gasteiger partial charge in [-0.2, -0.15) is 0 Å². The number of nitrogens with two attached hydrogens (primary N) is 1. The number of nitrogens with zero attached hydrogens (tertiary/aromatic N) is 2. The van der Waals surface area contributed by atoms with E-state index in [4.69, 9.17) is 5.73 Å². The van der Waals surface area contributed by atoms with Crippen molar-refractivity contribution in [3.63, 3.8) is 0 Å². The highest BCUT2D eigenvalue weighted by atomic mass is 32.1. The molecule has 0 unspecified atom stereocenters. The van der Waals surface area contributed by atoms with Crippen LogP contribution < -0.4 is 11.1 Å². The number of aromatic nitrogens is 2. The fourth-order valence-corrected chi connectivity index (χ4v) is 3.23. The van der Waals surface area contributed by atoms with Crippen LogP contribution in [0.1, 0.15) is 21.1 Å². The summed E-state index contributed by atoms with van der Waals surface area (Å²) in [6.07, 6.45) is 3.55. The van der Waals surface area contributed by atoms with Crippen LogP contribution in [0.4, 0.5) is 5.69 Å². The van der Waals surface area contributed by atoms with Gasteiger partial charge in [0.2, 0.25) is 0 Å². The van der Waals surface area contributed by atoms with Gasteiger partial charge in [-0.1, -0.05) is 11.6 Å². The number of hydrogen-bond acceptors (Lipinski definition) is 4. The summed E-state index contributed by atoms with van der Waals surface area (Å²) in [6, 6.07) is 6.03. The third-order valence-electron chi connectivity index (χ3n) is 3.42. The van der Waals surface area contributed by atoms with Crippen LogP contribution >= 0.6 is 11.3 Å². The number of thiophene rings is 1. The number of nitrogens with one attached hydrogen (secondary N) is 1. The maximum Gasteiger partial charge on any atom is 0.263 e. The molecule has 0 bridgehead atoms. The number of hydrogen-bond donors (Lipinski definition) is 2. The molecule has 3 rings (SSSR count). The average molecular weight is 300 g/mol. The molecule has 0 saturated heterocycles. The van der Waals surface area contributed by atoms with Crippen LogP contribution in [0, 0.1) is 6.92 Å². The van der Waals surface area contributed by atoms with Crippen LogP contribution in [0.3, 0.4) is 0 Å². The standard InChI is InChI=1S/C15H16N4OS/c1-9-3-4-11-10(7-9)13(16)14(21-11)15(20)18-8-12-17-5-6-19(12)2/h3-7H,8,16H2,1-2H3,(H,18,20). The molecule has 108 valence electrons. The molecule has 2 aromatic heterocycles. The number of anilines is 1. The van der Waals surface area contributed by atoms with Gasteiger partial charge in [-0.15, -0.1) is 11.3 Å². The van der Waals surface area contributed by atoms with Gasteiger partial charge < -0.3 is 15.6 Å². The van der Waals surface area contributed by atoms with Crippen molar-refractivity contribution in [2.45, 2.75) is 13.5 Å². The Labute approximate surface area is 126 Å². The van der Waals surface area contributed by atoms with Gasteiger partial charge in [0.15, 0.2) is 0 Å². The highest BCUT2D eigenvalue weighted by molar-refractivity contribution is 7.21. The van der Waals surface area contributed by atoms with Crippen molar-refractivity contribution in [1.82, 2.24) is 14.9 Å². The molecule has 0 atom stereocenters. The molecule has 0 spiro atoms. The summed E-state index contributed by atoms with van der Waals surface area (Å²) in [6.45, 7) is 2.40. The Bertz CT molecular complexity index is 818. The Morgan fingerprint density at radius 1 is 1.48 bits per heavy atom. The van der Waals surface area contributed by atoms with Crippen molar-refractivity contribution < 1.29 is 4.79 Å². The summed E-state index contributed by atoms with van der Waals surface area (Å²) in [5.41, 5.74) is 7.80. The van der Waals surface area contributed by atoms with Crippen molar-refractivity contribution in [3.8, 4) is 0 Å². The molecule has 3 N–H and O–H groups in total. The topological polar surface area (TPSA) is 72.9 Å². The highest BCUT2D eigenvalue weighted by Crippen LogP contribution is 2.34. The second kappa shape index (κ2) is 5.21. The number of rotatable bonds is 3. The first-order chi connectivity index (χ1) is 10.1. The summed E-state index contributed by atoms with van der Waals surface area (Å²) in [5, 5.41) is 3.81. The smallest absolute Gasteiger partial charge is 0.263 e. The molecular weight excluding hydrogens is 284 g/mol. The Morgan fingerprint density at radius 3 is 3.00 bits per heavy atom. The molecule has 0 aliphatic rings. The fourth-order valence-electron chi connectivity index (χ4n) is 2.21. The van der Waals surface area contributed by atoms with E-state index >= 15 is 0 Å². The van der Waals surface area contributed by atoms with Gasteiger partial charge in [0.1, 0.15) is 10.7 Å². The van der Waals surface area contributed by atoms with Gasteiger partial charge in [0.05, 0.1) is 12.2 Å². The van der Waals surface area contributed by atoms with Gasteiger partial charge in [-0.3, -0.25) is 4.79 Å². The maximum absolute atomic E-state index is 12.3. The van der Waals surface area contributed by atoms with Gasteiger partial charge >= 0.3 is 0 Å². The van der Waals surface area contributed by atoms with Gasteiger partial charge in [0.25, 0.3) is 5.91 Å². The third kappa shape index (κ3) is 2.50. The number of nitrogen functional groups attached to an aromatic ring is 1. The molecule has 21 heavy (non-hydrogen) atoms. The lowest BCUT2D eigenvalue weighted by Crippen LogP contribution is -2.24. The summed E-state index contributed by atoms with van der Waals surface area (Å²) < 4.78 is 2.90. The average Bonchev–Trinajstić information content (AvgIpc) is 3.01. The van der Waals surface area contributed by atoms with Crippen molar-refractivity contribution in [1.29, 1.82) is 0 Å². The van der Waals surface area contributed by atoms with E-state index in [9.17, 15) is 4.79 Å². The van der Waals surface area contributed by atoms with Crippen LogP contribution in [-0.4, -0.2) is 15.5 Å². The lowest BCUT2D eigenvalue weighted by atomic mass is 10.1. The third-order valence-corrected chi connectivity index (χ3v) is 4.60. The number of aryl methyl sites for hydroxylation is 2. The SMILES string of the molecule is Cc1ccc2sc(C(=O)NCc3nccn3C)c(N)c2c1. The Balaban J connectivity index is 1.84. The second-order valence-corrected chi connectivity index (χ2v) is 6.03. The molecule has 1 amide bonds. The van der Waals surface area contributed by atoms with E-state index in [2.05, 4.69) is 10.3 Å². The predicted octanol–water partition coefficient (Wildman–Crippen LogP) is 2.46. The van der Waals surface area contributed by atoms with Crippen LogP contribution in [-0.2, 0) is 13.6 Å². The Morgan fingerprint density at radius 2 is 2.29 bits per heavy atom. The minimum Gasteiger partial charge on any atom is -0.397 e. The number of fused-ring (bicyclic) bond motifs is 1. The van der Waals surface area contributed by atoms with E-state index in [1.165, 1.54) is 11.3 Å². The van der Waals surface area contributed by atoms with Crippen LogP contribution in [0.25, 0.3) is 10.1 Å². The van der Waals surface area contributed by atoms with Gasteiger partial charge in [-0.05, 0) is 19.1 Å². The summed E-state index contributed by atoms with van der Waals surface area (Å²) in [7, 11) is 1.89. The van der Waals surface area contributed by atoms with Crippen LogP contribution in [0.5, 0.6) is 0 Å². The number of carbonyl (C=O) groups is 1. The number of imidazole rings is 1. The van der Waals surface area contributed by atoms with E-state index in [0.717, 1.165) is 21.5 Å². The van der Waals surface area contributed by atoms with E-state index < -0.39 is 0 Å². The largest absolute Gasteiger partial charge is 0.397 e. The van der Waals surface area contributed by atoms with E-state index in [1.807, 2.05) is 42.9 Å². The van der Waals surface area contributed by atoms with E-state index in [-0.39, 0.29) is 5.91 Å². The monoisotopic (exact) mass is 300 g/mol. The van der Waals surface area contributed by atoms with Crippen molar-refractivity contribution in [2.24, 2.45) is 7.05 Å². The van der Waals surface area contributed by atoms with Gasteiger partial charge in [-0.25, -0.2) is 4.98 Å². The van der Waals surface area contributed by atoms with Crippen molar-refractivity contribution in [2.75, 3.05) is 5.73 Å². The molecule has 0 aliphatic heterocycles. The normalized spacial score (nSPS) is 11.0. The summed E-state index contributed by atoms with van der Waals surface area (Å²) in [4.78, 5) is 17.0. The van der Waals surface area contributed by atoms with Crippen LogP contribution in [0.2, 0.25) is 0 Å². The molecule has 5 nitrogen and oxygen atoms in total. The Kier molecular flexibility index (Phi) is 3.39. The van der Waals surface area contributed by atoms with E-state index in [1.54, 1.807) is 6.20 Å². The molecule has 1 aromatic carbocycles. The predicted molar refractivity (Wildman–Crippen MR) is 85.4 cm³/mol. The summed E-state index contributed by atoms with van der Waals surface area (Å²) >= 11 is 1.42. The highest BCUT2D eigenvalue weighted by Gasteiger charge is 2.16. The molecule has 6 heteroatoms. The molecule has 3 aromatic rings. The number of benzene rings is 1. The molecule has 0 saturated carbocycles. The molecule has 0 fully saturated rings. The first-order valence-electron chi connectivity index (χ1n) is 6.59. The zero-order valence-electron chi connectivity index (χ0n) is 11.9. The van der Waals surface area contributed by atoms with Crippen molar-refractivity contribution >= 4 is 33.0 Å². The number of amides is 1. The molecular formula is C15H16N4OS.